The number of benzene rings is 1. The lowest BCUT2D eigenvalue weighted by Crippen LogP contribution is -2.37. The summed E-state index contributed by atoms with van der Waals surface area (Å²) in [5.41, 5.74) is 2.28. The number of alkyl halides is 3. The Morgan fingerprint density at radius 3 is 2.39 bits per heavy atom. The van der Waals surface area contributed by atoms with Crippen LogP contribution in [0.15, 0.2) is 42.6 Å². The molecule has 2 aliphatic heterocycles. The largest absolute Gasteiger partial charge is 0.419 e. The van der Waals surface area contributed by atoms with Crippen molar-refractivity contribution in [1.29, 1.82) is 0 Å². The molecule has 0 unspecified atom stereocenters. The Bertz CT molecular complexity index is 1420. The average molecular weight is 568 g/mol. The SMILES string of the molecule is CNC(=O)C1(c2ccc(Nc3nc(N4CCOCC4)nc4c3CCN(c3ncccc3C(F)(F)F)CC4)cc2)CC1. The van der Waals surface area contributed by atoms with Gasteiger partial charge in [0.2, 0.25) is 11.9 Å². The molecule has 6 rings (SSSR count). The van der Waals surface area contributed by atoms with Gasteiger partial charge in [0.25, 0.3) is 0 Å². The highest BCUT2D eigenvalue weighted by Crippen LogP contribution is 2.48. The Balaban J connectivity index is 1.31. The summed E-state index contributed by atoms with van der Waals surface area (Å²) in [4.78, 5) is 30.1. The predicted octanol–water partition coefficient (Wildman–Crippen LogP) is 3.85. The number of aromatic nitrogens is 3. The molecule has 3 aliphatic rings. The normalized spacial score (nSPS) is 18.3. The summed E-state index contributed by atoms with van der Waals surface area (Å²) in [6.45, 7) is 3.15. The minimum atomic E-state index is -4.50. The first-order valence-electron chi connectivity index (χ1n) is 13.9. The van der Waals surface area contributed by atoms with Crippen molar-refractivity contribution in [2.24, 2.45) is 0 Å². The number of ether oxygens (including phenoxy) is 1. The van der Waals surface area contributed by atoms with E-state index >= 15 is 0 Å². The third-order valence-corrected chi connectivity index (χ3v) is 8.13. The molecule has 41 heavy (non-hydrogen) atoms. The topological polar surface area (TPSA) is 95.5 Å². The molecule has 216 valence electrons. The molecule has 1 amide bonds. The van der Waals surface area contributed by atoms with E-state index in [4.69, 9.17) is 14.7 Å². The number of carbonyl (C=O) groups excluding carboxylic acids is 1. The third-order valence-electron chi connectivity index (χ3n) is 8.13. The minimum Gasteiger partial charge on any atom is -0.378 e. The number of fused-ring (bicyclic) bond motifs is 1. The van der Waals surface area contributed by atoms with Crippen molar-refractivity contribution < 1.29 is 22.7 Å². The third kappa shape index (κ3) is 5.40. The predicted molar refractivity (Wildman–Crippen MR) is 149 cm³/mol. The number of rotatable bonds is 6. The maximum Gasteiger partial charge on any atom is 0.419 e. The fraction of sp³-hybridized carbons (Fsp3) is 0.448. The van der Waals surface area contributed by atoms with Crippen molar-refractivity contribution in [2.45, 2.75) is 37.3 Å². The number of likely N-dealkylation sites (N-methyl/N-ethyl adjacent to an activating group) is 1. The maximum atomic E-state index is 13.8. The Morgan fingerprint density at radius 1 is 0.976 bits per heavy atom. The van der Waals surface area contributed by atoms with Gasteiger partial charge in [0, 0.05) is 57.1 Å². The lowest BCUT2D eigenvalue weighted by Gasteiger charge is -2.28. The van der Waals surface area contributed by atoms with E-state index in [1.165, 1.54) is 12.3 Å². The quantitative estimate of drug-likeness (QED) is 0.464. The van der Waals surface area contributed by atoms with Crippen LogP contribution in [-0.4, -0.2) is 67.3 Å². The van der Waals surface area contributed by atoms with E-state index in [9.17, 15) is 18.0 Å². The van der Waals surface area contributed by atoms with E-state index in [1.54, 1.807) is 11.9 Å². The van der Waals surface area contributed by atoms with Crippen LogP contribution < -0.4 is 20.4 Å². The van der Waals surface area contributed by atoms with Crippen LogP contribution in [0.1, 0.15) is 35.2 Å². The highest BCUT2D eigenvalue weighted by molar-refractivity contribution is 5.91. The smallest absolute Gasteiger partial charge is 0.378 e. The van der Waals surface area contributed by atoms with Crippen LogP contribution in [0.3, 0.4) is 0 Å². The fourth-order valence-electron chi connectivity index (χ4n) is 5.70. The number of hydrogen-bond donors (Lipinski definition) is 2. The van der Waals surface area contributed by atoms with Crippen molar-refractivity contribution in [1.82, 2.24) is 20.3 Å². The summed E-state index contributed by atoms with van der Waals surface area (Å²) in [5, 5.41) is 6.22. The highest BCUT2D eigenvalue weighted by atomic mass is 19.4. The summed E-state index contributed by atoms with van der Waals surface area (Å²) in [6.07, 6.45) is -0.555. The van der Waals surface area contributed by atoms with Crippen LogP contribution in [0.5, 0.6) is 0 Å². The number of anilines is 4. The van der Waals surface area contributed by atoms with Crippen LogP contribution in [0.2, 0.25) is 0 Å². The fourth-order valence-corrected chi connectivity index (χ4v) is 5.70. The molecule has 0 spiro atoms. The van der Waals surface area contributed by atoms with Crippen molar-refractivity contribution in [3.8, 4) is 0 Å². The number of carbonyl (C=O) groups is 1. The molecule has 3 aromatic rings. The Labute approximate surface area is 236 Å². The molecule has 1 saturated heterocycles. The second kappa shape index (κ2) is 10.8. The number of hydrogen-bond acceptors (Lipinski definition) is 8. The molecule has 0 radical (unpaired) electrons. The zero-order chi connectivity index (χ0) is 28.6. The molecule has 4 heterocycles. The van der Waals surface area contributed by atoms with E-state index in [-0.39, 0.29) is 11.7 Å². The first kappa shape index (κ1) is 27.3. The van der Waals surface area contributed by atoms with Gasteiger partial charge < -0.3 is 25.2 Å². The van der Waals surface area contributed by atoms with Crippen LogP contribution in [0.4, 0.5) is 36.4 Å². The van der Waals surface area contributed by atoms with Gasteiger partial charge in [-0.15, -0.1) is 0 Å². The Morgan fingerprint density at radius 2 is 1.71 bits per heavy atom. The molecule has 2 N–H and O–H groups in total. The van der Waals surface area contributed by atoms with Gasteiger partial charge in [-0.25, -0.2) is 9.97 Å². The summed E-state index contributed by atoms with van der Waals surface area (Å²) < 4.78 is 46.8. The molecular weight excluding hydrogens is 535 g/mol. The Kier molecular flexibility index (Phi) is 7.18. The first-order chi connectivity index (χ1) is 19.8. The van der Waals surface area contributed by atoms with E-state index in [1.807, 2.05) is 24.3 Å². The van der Waals surface area contributed by atoms with Gasteiger partial charge in [0.1, 0.15) is 11.6 Å². The van der Waals surface area contributed by atoms with Gasteiger partial charge in [-0.3, -0.25) is 4.79 Å². The van der Waals surface area contributed by atoms with Gasteiger partial charge in [0.05, 0.1) is 29.9 Å². The van der Waals surface area contributed by atoms with Gasteiger partial charge in [-0.2, -0.15) is 18.2 Å². The summed E-state index contributed by atoms with van der Waals surface area (Å²) >= 11 is 0. The summed E-state index contributed by atoms with van der Waals surface area (Å²) in [5.74, 6) is 1.17. The van der Waals surface area contributed by atoms with Crippen LogP contribution in [0.25, 0.3) is 0 Å². The molecule has 0 atom stereocenters. The number of nitrogens with zero attached hydrogens (tertiary/aromatic N) is 5. The van der Waals surface area contributed by atoms with Gasteiger partial charge in [0.15, 0.2) is 0 Å². The van der Waals surface area contributed by atoms with Gasteiger partial charge in [-0.1, -0.05) is 12.1 Å². The number of pyridine rings is 1. The molecule has 2 fully saturated rings. The Hall–Kier alpha value is -3.93. The molecule has 9 nitrogen and oxygen atoms in total. The number of amides is 1. The van der Waals surface area contributed by atoms with Crippen LogP contribution >= 0.6 is 0 Å². The highest BCUT2D eigenvalue weighted by Gasteiger charge is 2.50. The number of morpholine rings is 1. The number of nitrogens with one attached hydrogen (secondary N) is 2. The van der Waals surface area contributed by atoms with Crippen molar-refractivity contribution in [3.05, 3.63) is 65.0 Å². The molecule has 1 saturated carbocycles. The zero-order valence-electron chi connectivity index (χ0n) is 22.8. The van der Waals surface area contributed by atoms with Crippen LogP contribution in [0, 0.1) is 0 Å². The lowest BCUT2D eigenvalue weighted by molar-refractivity contribution is -0.137. The molecule has 12 heteroatoms. The maximum absolute atomic E-state index is 13.8. The lowest BCUT2D eigenvalue weighted by atomic mass is 9.95. The minimum absolute atomic E-state index is 0.0284. The van der Waals surface area contributed by atoms with Gasteiger partial charge >= 0.3 is 6.18 Å². The van der Waals surface area contributed by atoms with Crippen molar-refractivity contribution in [3.63, 3.8) is 0 Å². The van der Waals surface area contributed by atoms with Gasteiger partial charge in [-0.05, 0) is 49.1 Å². The molecule has 2 aromatic heterocycles. The first-order valence-corrected chi connectivity index (χ1v) is 13.9. The zero-order valence-corrected chi connectivity index (χ0v) is 22.8. The summed E-state index contributed by atoms with van der Waals surface area (Å²) in [6, 6.07) is 10.2. The van der Waals surface area contributed by atoms with E-state index in [2.05, 4.69) is 20.5 Å². The number of halogens is 3. The second-order valence-corrected chi connectivity index (χ2v) is 10.6. The molecule has 1 aliphatic carbocycles. The monoisotopic (exact) mass is 567 g/mol. The molecule has 0 bridgehead atoms. The van der Waals surface area contributed by atoms with Crippen molar-refractivity contribution in [2.75, 3.05) is 61.6 Å². The summed E-state index contributed by atoms with van der Waals surface area (Å²) in [7, 11) is 1.66. The van der Waals surface area contributed by atoms with E-state index in [0.29, 0.717) is 64.0 Å². The second-order valence-electron chi connectivity index (χ2n) is 10.6. The van der Waals surface area contributed by atoms with Crippen LogP contribution in [-0.2, 0) is 34.0 Å². The molecule has 1 aromatic carbocycles. The molecular formula is C29H32F3N7O2. The standard InChI is InChI=1S/C29H32F3N7O2/c1-33-26(40)28(10-11-28)19-4-6-20(7-5-19)35-24-21-8-13-38(25-22(29(30,31)32)3-2-12-34-25)14-9-23(21)36-27(37-24)39-15-17-41-18-16-39/h2-7,12H,8-11,13-18H2,1H3,(H,33,40)(H,35,36,37). The average Bonchev–Trinajstić information content (AvgIpc) is 3.82. The van der Waals surface area contributed by atoms with E-state index < -0.39 is 17.2 Å². The van der Waals surface area contributed by atoms with Crippen molar-refractivity contribution >= 4 is 29.2 Å². The van der Waals surface area contributed by atoms with E-state index in [0.717, 1.165) is 41.4 Å².